The molecular formula is C32H20Cl2N7NaO9S2. The second kappa shape index (κ2) is 16.2. The van der Waals surface area contributed by atoms with Crippen molar-refractivity contribution in [2.45, 2.75) is 15.9 Å². The topological polar surface area (TPSA) is 239 Å². The van der Waals surface area contributed by atoms with Crippen molar-refractivity contribution in [1.82, 2.24) is 15.0 Å². The van der Waals surface area contributed by atoms with Crippen LogP contribution >= 0.6 is 23.2 Å². The van der Waals surface area contributed by atoms with E-state index in [0.717, 1.165) is 18.2 Å². The Kier molecular flexibility index (Phi) is 12.1. The number of aromatic hydroxyl groups is 1. The number of phenolic OH excluding ortho intramolecular Hbond substituents is 1. The van der Waals surface area contributed by atoms with E-state index in [-0.39, 0.29) is 79.3 Å². The third-order valence-electron chi connectivity index (χ3n) is 7.28. The first-order valence-corrected chi connectivity index (χ1v) is 18.1. The fraction of sp³-hybridized carbons (Fsp3) is 0.0312. The molecule has 1 aromatic heterocycles. The predicted molar refractivity (Wildman–Crippen MR) is 187 cm³/mol. The molecule has 21 heteroatoms. The molecule has 0 aliphatic rings. The van der Waals surface area contributed by atoms with Crippen LogP contribution in [0.15, 0.2) is 123 Å². The Balaban J connectivity index is 0.00000541. The molecule has 1 atom stereocenters. The molecule has 0 amide bonds. The number of fused-ring (bicyclic) bond motifs is 1. The number of hydrogen-bond acceptors (Lipinski definition) is 15. The Morgan fingerprint density at radius 1 is 0.811 bits per heavy atom. The number of nitrogens with zero attached hydrogens (tertiary/aromatic N) is 6. The molecule has 0 spiro atoms. The maximum Gasteiger partial charge on any atom is 1.00 e. The number of aromatic nitrogens is 3. The van der Waals surface area contributed by atoms with Crippen LogP contribution in [0.4, 0.5) is 28.7 Å². The van der Waals surface area contributed by atoms with Gasteiger partial charge in [0, 0.05) is 11.5 Å². The van der Waals surface area contributed by atoms with Gasteiger partial charge in [-0.15, -0.1) is 5.11 Å². The molecule has 0 bridgehead atoms. The molecule has 6 aromatic rings. The van der Waals surface area contributed by atoms with E-state index < -0.39 is 58.2 Å². The van der Waals surface area contributed by atoms with Crippen LogP contribution in [0, 0.1) is 10.1 Å². The van der Waals surface area contributed by atoms with Crippen molar-refractivity contribution in [2.75, 3.05) is 5.32 Å². The summed E-state index contributed by atoms with van der Waals surface area (Å²) in [5.41, 5.74) is -1.18. The van der Waals surface area contributed by atoms with Crippen molar-refractivity contribution >= 4 is 82.9 Å². The number of para-hydroxylation sites is 1. The van der Waals surface area contributed by atoms with Crippen LogP contribution in [0.1, 0.15) is 17.2 Å². The largest absolute Gasteiger partial charge is 1.00 e. The molecule has 0 fully saturated rings. The zero-order valence-corrected chi connectivity index (χ0v) is 32.0. The van der Waals surface area contributed by atoms with Crippen LogP contribution in [0.2, 0.25) is 10.6 Å². The number of hydrogen-bond donors (Lipinski definition) is 2. The van der Waals surface area contributed by atoms with Crippen LogP contribution in [0.3, 0.4) is 0 Å². The molecule has 0 saturated carbocycles. The number of nitro benzene ring substituents is 1. The maximum atomic E-state index is 14.3. The van der Waals surface area contributed by atoms with Gasteiger partial charge in [0.2, 0.25) is 16.5 Å². The van der Waals surface area contributed by atoms with E-state index in [4.69, 9.17) is 27.4 Å². The van der Waals surface area contributed by atoms with Crippen LogP contribution < -0.4 is 34.9 Å². The second-order valence-electron chi connectivity index (χ2n) is 10.6. The molecule has 2 N–H and O–H groups in total. The first-order valence-electron chi connectivity index (χ1n) is 14.5. The minimum atomic E-state index is -5.35. The van der Waals surface area contributed by atoms with E-state index in [1.165, 1.54) is 48.5 Å². The Bertz CT molecular complexity index is 2590. The van der Waals surface area contributed by atoms with Crippen molar-refractivity contribution in [1.29, 1.82) is 0 Å². The summed E-state index contributed by atoms with van der Waals surface area (Å²) in [7, 11) is -10.4. The number of benzene rings is 5. The number of nitro groups is 1. The Labute approximate surface area is 332 Å². The van der Waals surface area contributed by atoms with Gasteiger partial charge >= 0.3 is 29.6 Å². The zero-order chi connectivity index (χ0) is 37.2. The van der Waals surface area contributed by atoms with Gasteiger partial charge in [-0.25, -0.2) is 8.42 Å². The molecule has 264 valence electrons. The van der Waals surface area contributed by atoms with Gasteiger partial charge in [0.25, 0.3) is 15.8 Å². The van der Waals surface area contributed by atoms with Crippen molar-refractivity contribution in [3.8, 4) is 5.75 Å². The SMILES string of the molecule is O=[N+]([O-])c1ccccc1C(OS(=O)(=O)c1cc2cc(S(=O)(=O)[O-])c(N=Nc3ccccc3)c(O)c2cc1Nc1nc(Cl)nc(Cl)n1)c1ccccc1.[Na+]. The number of phenols is 1. The fourth-order valence-electron chi connectivity index (χ4n) is 5.04. The fourth-order valence-corrected chi connectivity index (χ4v) is 7.27. The van der Waals surface area contributed by atoms with Crippen LogP contribution in [0.25, 0.3) is 10.8 Å². The summed E-state index contributed by atoms with van der Waals surface area (Å²) >= 11 is 11.9. The predicted octanol–water partition coefficient (Wildman–Crippen LogP) is 4.51. The Hall–Kier alpha value is -4.63. The molecule has 0 aliphatic carbocycles. The van der Waals surface area contributed by atoms with Gasteiger partial charge in [-0.1, -0.05) is 60.7 Å². The number of nitrogens with one attached hydrogen (secondary N) is 1. The standard InChI is InChI=1S/C32H21Cl2N7O9S2.Na/c33-30-36-31(34)38-32(37-30)35-23-17-22-19(16-26(51(45,46)47)27(28(22)42)40-39-20-11-5-2-6-12-20)15-25(23)52(48,49)50-29(18-9-3-1-4-10-18)21-13-7-8-14-24(21)41(43)44;/h1-17,29,42H,(H,45,46,47)(H,35,36,37,38);/q;+1/p-1. The van der Waals surface area contributed by atoms with E-state index in [2.05, 4.69) is 30.5 Å². The minimum absolute atomic E-state index is 0. The van der Waals surface area contributed by atoms with E-state index >= 15 is 0 Å². The number of azo groups is 1. The molecule has 6 rings (SSSR count). The average molecular weight is 805 g/mol. The van der Waals surface area contributed by atoms with E-state index in [1.807, 2.05) is 0 Å². The molecule has 0 aliphatic heterocycles. The van der Waals surface area contributed by atoms with Gasteiger partial charge in [-0.3, -0.25) is 14.3 Å². The Morgan fingerprint density at radius 2 is 1.40 bits per heavy atom. The second-order valence-corrected chi connectivity index (χ2v) is 14.2. The molecule has 1 heterocycles. The zero-order valence-electron chi connectivity index (χ0n) is 26.9. The summed E-state index contributed by atoms with van der Waals surface area (Å²) in [5.74, 6) is -1.21. The summed E-state index contributed by atoms with van der Waals surface area (Å²) in [5, 5.41) is 32.5. The van der Waals surface area contributed by atoms with E-state index in [9.17, 15) is 36.6 Å². The monoisotopic (exact) mass is 803 g/mol. The van der Waals surface area contributed by atoms with Gasteiger partial charge in [0.1, 0.15) is 26.8 Å². The van der Waals surface area contributed by atoms with Gasteiger partial charge < -0.3 is 15.0 Å². The van der Waals surface area contributed by atoms with Crippen LogP contribution in [0.5, 0.6) is 5.75 Å². The third-order valence-corrected chi connectivity index (χ3v) is 9.79. The van der Waals surface area contributed by atoms with Crippen LogP contribution in [-0.2, 0) is 24.4 Å². The summed E-state index contributed by atoms with van der Waals surface area (Å²) in [6.45, 7) is 0. The first-order chi connectivity index (χ1) is 24.7. The number of halogens is 2. The molecule has 5 aromatic carbocycles. The normalized spacial score (nSPS) is 12.4. The van der Waals surface area contributed by atoms with Crippen LogP contribution in [-0.4, -0.2) is 46.4 Å². The maximum absolute atomic E-state index is 14.3. The molecule has 53 heavy (non-hydrogen) atoms. The van der Waals surface area contributed by atoms with E-state index in [0.29, 0.717) is 0 Å². The van der Waals surface area contributed by atoms with Crippen molar-refractivity contribution in [2.24, 2.45) is 10.2 Å². The quantitative estimate of drug-likeness (QED) is 0.0458. The van der Waals surface area contributed by atoms with Gasteiger partial charge in [-0.05, 0) is 70.5 Å². The molecule has 1 unspecified atom stereocenters. The summed E-state index contributed by atoms with van der Waals surface area (Å²) in [6.07, 6.45) is -1.58. The average Bonchev–Trinajstić information content (AvgIpc) is 3.10. The minimum Gasteiger partial charge on any atom is -0.744 e. The van der Waals surface area contributed by atoms with Gasteiger partial charge in [-0.2, -0.15) is 28.5 Å². The summed E-state index contributed by atoms with van der Waals surface area (Å²) in [6, 6.07) is 24.0. The molecule has 16 nitrogen and oxygen atoms in total. The van der Waals surface area contributed by atoms with Gasteiger partial charge in [0.05, 0.1) is 26.8 Å². The van der Waals surface area contributed by atoms with E-state index in [1.54, 1.807) is 36.4 Å². The number of rotatable bonds is 11. The van der Waals surface area contributed by atoms with Crippen molar-refractivity contribution in [3.63, 3.8) is 0 Å². The van der Waals surface area contributed by atoms with Crippen molar-refractivity contribution < 1.29 is 65.2 Å². The van der Waals surface area contributed by atoms with Gasteiger partial charge in [0.15, 0.2) is 5.75 Å². The first kappa shape index (κ1) is 39.6. The molecule has 0 saturated heterocycles. The molecular weight excluding hydrogens is 784 g/mol. The summed E-state index contributed by atoms with van der Waals surface area (Å²) < 4.78 is 71.7. The molecule has 0 radical (unpaired) electrons. The Morgan fingerprint density at radius 3 is 2.02 bits per heavy atom. The third kappa shape index (κ3) is 8.95. The van der Waals surface area contributed by atoms with Crippen molar-refractivity contribution in [3.05, 3.63) is 135 Å². The smallest absolute Gasteiger partial charge is 0.744 e. The number of anilines is 2. The summed E-state index contributed by atoms with van der Waals surface area (Å²) in [4.78, 5) is 21.0.